The first-order chi connectivity index (χ1) is 12.1. The number of aryl methyl sites for hydroxylation is 1. The van der Waals surface area contributed by atoms with Gasteiger partial charge in [0.2, 0.25) is 5.95 Å². The molecule has 3 rings (SSSR count). The third-order valence-corrected chi connectivity index (χ3v) is 4.21. The third kappa shape index (κ3) is 3.03. The van der Waals surface area contributed by atoms with Crippen molar-refractivity contribution in [3.05, 3.63) is 47.5 Å². The molecule has 1 aromatic heterocycles. The van der Waals surface area contributed by atoms with Gasteiger partial charge in [-0.15, -0.1) is 0 Å². The molecule has 0 bridgehead atoms. The number of anilines is 1. The summed E-state index contributed by atoms with van der Waals surface area (Å²) in [6.07, 6.45) is 0. The lowest BCUT2D eigenvalue weighted by molar-refractivity contribution is 0.102. The van der Waals surface area contributed by atoms with E-state index in [9.17, 15) is 4.79 Å². The molecule has 0 aliphatic rings. The van der Waals surface area contributed by atoms with Crippen LogP contribution >= 0.6 is 0 Å². The summed E-state index contributed by atoms with van der Waals surface area (Å²) in [7, 11) is 3.14. The molecule has 0 unspecified atom stereocenters. The molecule has 2 aromatic carbocycles. The Labute approximate surface area is 146 Å². The summed E-state index contributed by atoms with van der Waals surface area (Å²) in [6, 6.07) is 11.2. The number of nitrogens with zero attached hydrogens (tertiary/aromatic N) is 2. The molecule has 0 spiro atoms. The van der Waals surface area contributed by atoms with Crippen molar-refractivity contribution in [3.8, 4) is 11.5 Å². The number of ether oxygens (including phenoxy) is 2. The fraction of sp³-hybridized carbons (Fsp3) is 0.263. The monoisotopic (exact) mass is 339 g/mol. The van der Waals surface area contributed by atoms with E-state index in [1.54, 1.807) is 26.4 Å². The summed E-state index contributed by atoms with van der Waals surface area (Å²) in [5.74, 6) is 1.47. The van der Waals surface area contributed by atoms with E-state index in [4.69, 9.17) is 9.47 Å². The number of hydrogen-bond donors (Lipinski definition) is 1. The number of amides is 1. The topological polar surface area (TPSA) is 65.4 Å². The third-order valence-electron chi connectivity index (χ3n) is 4.21. The Bertz CT molecular complexity index is 906. The molecule has 6 heteroatoms. The zero-order valence-electron chi connectivity index (χ0n) is 14.8. The number of imidazole rings is 1. The second kappa shape index (κ2) is 6.84. The zero-order valence-corrected chi connectivity index (χ0v) is 14.8. The number of rotatable bonds is 5. The second-order valence-electron chi connectivity index (χ2n) is 5.63. The van der Waals surface area contributed by atoms with Crippen LogP contribution in [0, 0.1) is 6.92 Å². The number of carbonyl (C=O) groups excluding carboxylic acids is 1. The Morgan fingerprint density at radius 2 is 1.80 bits per heavy atom. The predicted octanol–water partition coefficient (Wildman–Crippen LogP) is 3.63. The van der Waals surface area contributed by atoms with Crippen molar-refractivity contribution in [2.24, 2.45) is 0 Å². The Morgan fingerprint density at radius 1 is 1.16 bits per heavy atom. The maximum absolute atomic E-state index is 12.7. The van der Waals surface area contributed by atoms with E-state index in [1.807, 2.05) is 42.7 Å². The maximum Gasteiger partial charge on any atom is 0.258 e. The van der Waals surface area contributed by atoms with Crippen molar-refractivity contribution in [1.29, 1.82) is 0 Å². The van der Waals surface area contributed by atoms with Gasteiger partial charge in [0.1, 0.15) is 11.5 Å². The number of nitrogens with one attached hydrogen (secondary N) is 1. The Hall–Kier alpha value is -3.02. The molecule has 25 heavy (non-hydrogen) atoms. The molecule has 0 saturated carbocycles. The van der Waals surface area contributed by atoms with E-state index in [0.29, 0.717) is 29.6 Å². The van der Waals surface area contributed by atoms with Crippen LogP contribution in [-0.4, -0.2) is 29.7 Å². The first-order valence-corrected chi connectivity index (χ1v) is 8.08. The minimum Gasteiger partial charge on any atom is -0.496 e. The van der Waals surface area contributed by atoms with E-state index in [-0.39, 0.29) is 5.91 Å². The van der Waals surface area contributed by atoms with Gasteiger partial charge in [-0.05, 0) is 38.1 Å². The highest BCUT2D eigenvalue weighted by Crippen LogP contribution is 2.30. The van der Waals surface area contributed by atoms with Gasteiger partial charge in [-0.3, -0.25) is 10.1 Å². The number of hydrogen-bond acceptors (Lipinski definition) is 4. The minimum absolute atomic E-state index is 0.262. The summed E-state index contributed by atoms with van der Waals surface area (Å²) in [4.78, 5) is 17.3. The van der Waals surface area contributed by atoms with Crippen LogP contribution in [0.2, 0.25) is 0 Å². The van der Waals surface area contributed by atoms with Crippen molar-refractivity contribution < 1.29 is 14.3 Å². The summed E-state index contributed by atoms with van der Waals surface area (Å²) in [6.45, 7) is 4.61. The molecular weight excluding hydrogens is 318 g/mol. The van der Waals surface area contributed by atoms with Gasteiger partial charge in [0.05, 0.1) is 25.3 Å². The highest BCUT2D eigenvalue weighted by Gasteiger charge is 2.17. The molecule has 0 saturated heterocycles. The number of para-hydroxylation sites is 2. The first-order valence-electron chi connectivity index (χ1n) is 8.08. The Kier molecular flexibility index (Phi) is 4.61. The summed E-state index contributed by atoms with van der Waals surface area (Å²) in [5, 5.41) is 2.89. The average Bonchev–Trinajstić information content (AvgIpc) is 2.98. The molecule has 1 heterocycles. The molecule has 130 valence electrons. The van der Waals surface area contributed by atoms with E-state index in [0.717, 1.165) is 16.6 Å². The van der Waals surface area contributed by atoms with Gasteiger partial charge in [0.15, 0.2) is 0 Å². The van der Waals surface area contributed by atoms with Crippen molar-refractivity contribution in [3.63, 3.8) is 0 Å². The predicted molar refractivity (Wildman–Crippen MR) is 97.6 cm³/mol. The van der Waals surface area contributed by atoms with E-state index in [2.05, 4.69) is 10.3 Å². The highest BCUT2D eigenvalue weighted by atomic mass is 16.5. The van der Waals surface area contributed by atoms with Gasteiger partial charge < -0.3 is 14.0 Å². The number of carbonyl (C=O) groups is 1. The summed E-state index contributed by atoms with van der Waals surface area (Å²) >= 11 is 0. The number of aromatic nitrogens is 2. The lowest BCUT2D eigenvalue weighted by atomic mass is 10.1. The number of fused-ring (bicyclic) bond motifs is 1. The lowest BCUT2D eigenvalue weighted by Gasteiger charge is -2.13. The molecule has 6 nitrogen and oxygen atoms in total. The van der Waals surface area contributed by atoms with E-state index < -0.39 is 0 Å². The smallest absolute Gasteiger partial charge is 0.258 e. The molecule has 3 aromatic rings. The quantitative estimate of drug-likeness (QED) is 0.771. The zero-order chi connectivity index (χ0) is 18.0. The fourth-order valence-electron chi connectivity index (χ4n) is 2.88. The van der Waals surface area contributed by atoms with E-state index >= 15 is 0 Å². The lowest BCUT2D eigenvalue weighted by Crippen LogP contribution is -2.16. The van der Waals surface area contributed by atoms with Gasteiger partial charge in [-0.1, -0.05) is 12.1 Å². The van der Waals surface area contributed by atoms with Crippen LogP contribution in [0.25, 0.3) is 11.0 Å². The van der Waals surface area contributed by atoms with E-state index in [1.165, 1.54) is 0 Å². The Morgan fingerprint density at radius 3 is 2.40 bits per heavy atom. The molecule has 0 aliphatic heterocycles. The molecule has 0 atom stereocenters. The van der Waals surface area contributed by atoms with Crippen LogP contribution in [0.3, 0.4) is 0 Å². The van der Waals surface area contributed by atoms with Gasteiger partial charge in [-0.2, -0.15) is 0 Å². The summed E-state index contributed by atoms with van der Waals surface area (Å²) < 4.78 is 12.6. The van der Waals surface area contributed by atoms with Gasteiger partial charge in [0, 0.05) is 17.7 Å². The largest absolute Gasteiger partial charge is 0.496 e. The van der Waals surface area contributed by atoms with Crippen LogP contribution in [0.4, 0.5) is 5.95 Å². The van der Waals surface area contributed by atoms with Crippen LogP contribution in [0.5, 0.6) is 11.5 Å². The van der Waals surface area contributed by atoms with Crippen LogP contribution in [0.1, 0.15) is 22.8 Å². The first kappa shape index (κ1) is 16.8. The molecule has 0 radical (unpaired) electrons. The molecule has 1 amide bonds. The van der Waals surface area contributed by atoms with Gasteiger partial charge >= 0.3 is 0 Å². The van der Waals surface area contributed by atoms with Crippen LogP contribution < -0.4 is 14.8 Å². The van der Waals surface area contributed by atoms with Crippen molar-refractivity contribution in [2.75, 3.05) is 19.5 Å². The van der Waals surface area contributed by atoms with Gasteiger partial charge in [-0.25, -0.2) is 4.98 Å². The van der Waals surface area contributed by atoms with Crippen LogP contribution in [-0.2, 0) is 6.54 Å². The molecule has 0 fully saturated rings. The van der Waals surface area contributed by atoms with Crippen molar-refractivity contribution in [2.45, 2.75) is 20.4 Å². The van der Waals surface area contributed by atoms with Crippen molar-refractivity contribution >= 4 is 22.9 Å². The maximum atomic E-state index is 12.7. The van der Waals surface area contributed by atoms with Gasteiger partial charge in [0.25, 0.3) is 5.91 Å². The average molecular weight is 339 g/mol. The highest BCUT2D eigenvalue weighted by molar-refractivity contribution is 6.04. The van der Waals surface area contributed by atoms with Crippen LogP contribution in [0.15, 0.2) is 36.4 Å². The normalized spacial score (nSPS) is 10.7. The number of methoxy groups -OCH3 is 2. The Balaban J connectivity index is 1.98. The standard InChI is InChI=1S/C19H21N3O3/c1-5-22-15-9-7-6-8-14(15)20-19(22)21-18(23)13-10-16(24-3)12(2)17(11-13)25-4/h6-11H,5H2,1-4H3,(H,20,21,23). The summed E-state index contributed by atoms with van der Waals surface area (Å²) in [5.41, 5.74) is 3.13. The number of benzene rings is 2. The molecule has 0 aliphatic carbocycles. The SMILES string of the molecule is CCn1c(NC(=O)c2cc(OC)c(C)c(OC)c2)nc2ccccc21. The fourth-order valence-corrected chi connectivity index (χ4v) is 2.88. The molecular formula is C19H21N3O3. The molecule has 1 N–H and O–H groups in total. The second-order valence-corrected chi connectivity index (χ2v) is 5.63. The minimum atomic E-state index is -0.262. The van der Waals surface area contributed by atoms with Crippen molar-refractivity contribution in [1.82, 2.24) is 9.55 Å².